The van der Waals surface area contributed by atoms with E-state index in [0.29, 0.717) is 19.4 Å². The van der Waals surface area contributed by atoms with Crippen LogP contribution in [0.15, 0.2) is 0 Å². The van der Waals surface area contributed by atoms with Gasteiger partial charge in [0, 0.05) is 24.6 Å². The van der Waals surface area contributed by atoms with Crippen molar-refractivity contribution in [1.82, 2.24) is 4.90 Å². The topological polar surface area (TPSA) is 37.4 Å². The van der Waals surface area contributed by atoms with E-state index >= 15 is 0 Å². The standard InChI is InChI=1S/C21H39NO2S/c1-3-5-6-7-8-9-10-14-19(4-2)25-18-13-17-22-20(23)15-11-12-16-21(22)24/h19H,3-18H2,1-2H3. The van der Waals surface area contributed by atoms with E-state index in [9.17, 15) is 9.59 Å². The second-order valence-electron chi connectivity index (χ2n) is 7.31. The normalized spacial score (nSPS) is 17.0. The fourth-order valence-electron chi connectivity index (χ4n) is 3.42. The summed E-state index contributed by atoms with van der Waals surface area (Å²) in [6, 6.07) is 0. The van der Waals surface area contributed by atoms with Crippen molar-refractivity contribution in [2.45, 2.75) is 109 Å². The summed E-state index contributed by atoms with van der Waals surface area (Å²) in [6.07, 6.45) is 15.9. The van der Waals surface area contributed by atoms with Gasteiger partial charge in [0.15, 0.2) is 0 Å². The highest BCUT2D eigenvalue weighted by Gasteiger charge is 2.23. The Kier molecular flexibility index (Phi) is 13.2. The van der Waals surface area contributed by atoms with Crippen LogP contribution in [0.5, 0.6) is 0 Å². The number of thioether (sulfide) groups is 1. The zero-order valence-electron chi connectivity index (χ0n) is 16.6. The number of carbonyl (C=O) groups excluding carboxylic acids is 2. The lowest BCUT2D eigenvalue weighted by Crippen LogP contribution is -2.36. The van der Waals surface area contributed by atoms with Crippen molar-refractivity contribution in [3.63, 3.8) is 0 Å². The molecule has 0 saturated carbocycles. The van der Waals surface area contributed by atoms with Gasteiger partial charge in [-0.15, -0.1) is 0 Å². The van der Waals surface area contributed by atoms with E-state index in [-0.39, 0.29) is 11.8 Å². The molecule has 0 N–H and O–H groups in total. The molecule has 1 saturated heterocycles. The third-order valence-electron chi connectivity index (χ3n) is 5.10. The Morgan fingerprint density at radius 1 is 0.880 bits per heavy atom. The second kappa shape index (κ2) is 14.6. The van der Waals surface area contributed by atoms with Crippen molar-refractivity contribution in [3.05, 3.63) is 0 Å². The van der Waals surface area contributed by atoms with Gasteiger partial charge in [-0.3, -0.25) is 14.5 Å². The predicted octanol–water partition coefficient (Wildman–Crippen LogP) is 5.96. The van der Waals surface area contributed by atoms with Gasteiger partial charge < -0.3 is 0 Å². The predicted molar refractivity (Wildman–Crippen MR) is 109 cm³/mol. The van der Waals surface area contributed by atoms with E-state index in [1.807, 2.05) is 11.8 Å². The van der Waals surface area contributed by atoms with E-state index in [2.05, 4.69) is 13.8 Å². The number of rotatable bonds is 14. The maximum absolute atomic E-state index is 12.0. The maximum Gasteiger partial charge on any atom is 0.229 e. The van der Waals surface area contributed by atoms with E-state index < -0.39 is 0 Å². The lowest BCUT2D eigenvalue weighted by molar-refractivity contribution is -0.143. The Balaban J connectivity index is 2.09. The monoisotopic (exact) mass is 369 g/mol. The van der Waals surface area contributed by atoms with Crippen LogP contribution in [0.3, 0.4) is 0 Å². The Morgan fingerprint density at radius 3 is 2.08 bits per heavy atom. The molecule has 1 aliphatic heterocycles. The Bertz CT molecular complexity index is 355. The summed E-state index contributed by atoms with van der Waals surface area (Å²) in [6.45, 7) is 5.17. The van der Waals surface area contributed by atoms with Gasteiger partial charge in [-0.25, -0.2) is 0 Å². The van der Waals surface area contributed by atoms with Crippen LogP contribution in [-0.2, 0) is 9.59 Å². The summed E-state index contributed by atoms with van der Waals surface area (Å²) >= 11 is 2.04. The van der Waals surface area contributed by atoms with Crippen molar-refractivity contribution in [2.75, 3.05) is 12.3 Å². The summed E-state index contributed by atoms with van der Waals surface area (Å²) < 4.78 is 0. The minimum absolute atomic E-state index is 0.0441. The molecule has 4 heteroatoms. The molecule has 1 heterocycles. The Morgan fingerprint density at radius 2 is 1.48 bits per heavy atom. The number of hydrogen-bond acceptors (Lipinski definition) is 3. The minimum Gasteiger partial charge on any atom is -0.283 e. The quantitative estimate of drug-likeness (QED) is 0.280. The molecule has 1 fully saturated rings. The molecule has 1 unspecified atom stereocenters. The number of likely N-dealkylation sites (tertiary alicyclic amines) is 1. The number of unbranched alkanes of at least 4 members (excludes halogenated alkanes) is 6. The lowest BCUT2D eigenvalue weighted by atomic mass is 10.1. The number of carbonyl (C=O) groups is 2. The van der Waals surface area contributed by atoms with Gasteiger partial charge in [-0.05, 0) is 37.9 Å². The minimum atomic E-state index is 0.0441. The lowest BCUT2D eigenvalue weighted by Gasteiger charge is -2.19. The number of hydrogen-bond donors (Lipinski definition) is 0. The largest absolute Gasteiger partial charge is 0.283 e. The second-order valence-corrected chi connectivity index (χ2v) is 8.72. The van der Waals surface area contributed by atoms with Crippen LogP contribution >= 0.6 is 11.8 Å². The van der Waals surface area contributed by atoms with Crippen molar-refractivity contribution in [3.8, 4) is 0 Å². The van der Waals surface area contributed by atoms with Crippen LogP contribution in [0, 0.1) is 0 Å². The van der Waals surface area contributed by atoms with Crippen LogP contribution in [0.2, 0.25) is 0 Å². The van der Waals surface area contributed by atoms with Crippen LogP contribution in [0.25, 0.3) is 0 Å². The van der Waals surface area contributed by atoms with Crippen molar-refractivity contribution in [2.24, 2.45) is 0 Å². The highest BCUT2D eigenvalue weighted by atomic mass is 32.2. The molecule has 0 bridgehead atoms. The third kappa shape index (κ3) is 10.3. The molecule has 25 heavy (non-hydrogen) atoms. The first-order valence-electron chi connectivity index (χ1n) is 10.6. The summed E-state index contributed by atoms with van der Waals surface area (Å²) in [5, 5.41) is 0.742. The van der Waals surface area contributed by atoms with Gasteiger partial charge >= 0.3 is 0 Å². The average molecular weight is 370 g/mol. The van der Waals surface area contributed by atoms with Crippen LogP contribution < -0.4 is 0 Å². The molecular formula is C21H39NO2S. The van der Waals surface area contributed by atoms with Crippen LogP contribution in [0.4, 0.5) is 0 Å². The summed E-state index contributed by atoms with van der Waals surface area (Å²) in [4.78, 5) is 25.5. The highest BCUT2D eigenvalue weighted by molar-refractivity contribution is 7.99. The zero-order valence-corrected chi connectivity index (χ0v) is 17.4. The summed E-state index contributed by atoms with van der Waals surface area (Å²) in [5.41, 5.74) is 0. The molecule has 0 aliphatic carbocycles. The third-order valence-corrected chi connectivity index (χ3v) is 6.66. The van der Waals surface area contributed by atoms with Gasteiger partial charge in [0.2, 0.25) is 11.8 Å². The molecule has 1 atom stereocenters. The SMILES string of the molecule is CCCCCCCCCC(CC)SCCCN1C(=O)CCCCC1=O. The van der Waals surface area contributed by atoms with E-state index in [4.69, 9.17) is 0 Å². The molecule has 2 amide bonds. The van der Waals surface area contributed by atoms with Gasteiger partial charge in [0.05, 0.1) is 0 Å². The van der Waals surface area contributed by atoms with Crippen LogP contribution in [-0.4, -0.2) is 34.3 Å². The van der Waals surface area contributed by atoms with Crippen molar-refractivity contribution in [1.29, 1.82) is 0 Å². The van der Waals surface area contributed by atoms with Crippen molar-refractivity contribution >= 4 is 23.6 Å². The van der Waals surface area contributed by atoms with Gasteiger partial charge in [0.25, 0.3) is 0 Å². The first-order chi connectivity index (χ1) is 12.2. The van der Waals surface area contributed by atoms with Gasteiger partial charge in [-0.1, -0.05) is 58.8 Å². The molecular weight excluding hydrogens is 330 g/mol. The molecule has 0 spiro atoms. The van der Waals surface area contributed by atoms with Crippen molar-refractivity contribution < 1.29 is 9.59 Å². The first-order valence-corrected chi connectivity index (χ1v) is 11.7. The number of imide groups is 1. The molecule has 0 aromatic carbocycles. The number of nitrogens with zero attached hydrogens (tertiary/aromatic N) is 1. The summed E-state index contributed by atoms with van der Waals surface area (Å²) in [5.74, 6) is 1.15. The summed E-state index contributed by atoms with van der Waals surface area (Å²) in [7, 11) is 0. The molecule has 3 nitrogen and oxygen atoms in total. The smallest absolute Gasteiger partial charge is 0.229 e. The fourth-order valence-corrected chi connectivity index (χ4v) is 4.62. The molecule has 0 aromatic heterocycles. The molecule has 1 aliphatic rings. The Hall–Kier alpha value is -0.510. The van der Waals surface area contributed by atoms with E-state index in [1.54, 1.807) is 0 Å². The fraction of sp³-hybridized carbons (Fsp3) is 0.905. The van der Waals surface area contributed by atoms with E-state index in [0.717, 1.165) is 30.3 Å². The molecule has 146 valence electrons. The van der Waals surface area contributed by atoms with Gasteiger partial charge in [-0.2, -0.15) is 11.8 Å². The van der Waals surface area contributed by atoms with Gasteiger partial charge in [0.1, 0.15) is 0 Å². The molecule has 0 aromatic rings. The Labute approximate surface area is 159 Å². The zero-order chi connectivity index (χ0) is 18.3. The average Bonchev–Trinajstić information content (AvgIpc) is 2.77. The highest BCUT2D eigenvalue weighted by Crippen LogP contribution is 2.23. The van der Waals surface area contributed by atoms with E-state index in [1.165, 1.54) is 62.7 Å². The molecule has 1 rings (SSSR count). The maximum atomic E-state index is 12.0. The number of amides is 2. The molecule has 0 radical (unpaired) electrons. The first kappa shape index (κ1) is 22.5. The van der Waals surface area contributed by atoms with Crippen LogP contribution in [0.1, 0.15) is 104 Å².